The standard InChI is InChI=1S/C9H14N4O/c1-3-7(9(10)14)12-8-4-6(2)5-11-13-8/h4-5,7H,3H2,1-2H3,(H2,10,14)(H,12,13). The van der Waals surface area contributed by atoms with E-state index >= 15 is 0 Å². The highest BCUT2D eigenvalue weighted by atomic mass is 16.1. The van der Waals surface area contributed by atoms with Gasteiger partial charge in [0, 0.05) is 0 Å². The van der Waals surface area contributed by atoms with Gasteiger partial charge in [0.2, 0.25) is 5.91 Å². The molecule has 1 amide bonds. The van der Waals surface area contributed by atoms with Gasteiger partial charge in [0.1, 0.15) is 11.9 Å². The molecule has 1 heterocycles. The molecule has 3 N–H and O–H groups in total. The van der Waals surface area contributed by atoms with Crippen molar-refractivity contribution in [3.63, 3.8) is 0 Å². The van der Waals surface area contributed by atoms with Gasteiger partial charge in [-0.2, -0.15) is 5.10 Å². The number of rotatable bonds is 4. The van der Waals surface area contributed by atoms with Gasteiger partial charge in [0.05, 0.1) is 6.20 Å². The first-order chi connectivity index (χ1) is 6.63. The molecule has 0 spiro atoms. The zero-order chi connectivity index (χ0) is 10.6. The summed E-state index contributed by atoms with van der Waals surface area (Å²) in [6.07, 6.45) is 2.28. The molecule has 1 unspecified atom stereocenters. The summed E-state index contributed by atoms with van der Waals surface area (Å²) in [5.41, 5.74) is 6.17. The van der Waals surface area contributed by atoms with Crippen LogP contribution in [0, 0.1) is 6.92 Å². The lowest BCUT2D eigenvalue weighted by Gasteiger charge is -2.13. The van der Waals surface area contributed by atoms with E-state index in [9.17, 15) is 4.79 Å². The van der Waals surface area contributed by atoms with Crippen LogP contribution in [0.5, 0.6) is 0 Å². The van der Waals surface area contributed by atoms with Crippen molar-refractivity contribution in [3.05, 3.63) is 17.8 Å². The van der Waals surface area contributed by atoms with Crippen LogP contribution in [0.25, 0.3) is 0 Å². The number of carbonyl (C=O) groups is 1. The third-order valence-corrected chi connectivity index (χ3v) is 1.87. The number of primary amides is 1. The molecule has 1 aromatic heterocycles. The molecule has 76 valence electrons. The second kappa shape index (κ2) is 4.55. The molecule has 1 atom stereocenters. The van der Waals surface area contributed by atoms with Gasteiger partial charge in [-0.25, -0.2) is 0 Å². The Kier molecular flexibility index (Phi) is 3.39. The monoisotopic (exact) mass is 194 g/mol. The lowest BCUT2D eigenvalue weighted by Crippen LogP contribution is -2.35. The first-order valence-corrected chi connectivity index (χ1v) is 4.48. The Morgan fingerprint density at radius 2 is 2.43 bits per heavy atom. The predicted octanol–water partition coefficient (Wildman–Crippen LogP) is 0.461. The van der Waals surface area contributed by atoms with Crippen molar-refractivity contribution in [2.24, 2.45) is 5.73 Å². The molecule has 0 bridgehead atoms. The molecule has 14 heavy (non-hydrogen) atoms. The van der Waals surface area contributed by atoms with Crippen molar-refractivity contribution in [2.75, 3.05) is 5.32 Å². The lowest BCUT2D eigenvalue weighted by atomic mass is 10.2. The molecule has 0 aliphatic carbocycles. The average Bonchev–Trinajstić information content (AvgIpc) is 2.14. The summed E-state index contributed by atoms with van der Waals surface area (Å²) >= 11 is 0. The van der Waals surface area contributed by atoms with Crippen molar-refractivity contribution < 1.29 is 4.79 Å². The largest absolute Gasteiger partial charge is 0.368 e. The Bertz CT molecular complexity index is 326. The van der Waals surface area contributed by atoms with Crippen LogP contribution in [-0.2, 0) is 4.79 Å². The van der Waals surface area contributed by atoms with Crippen molar-refractivity contribution in [2.45, 2.75) is 26.3 Å². The Balaban J connectivity index is 2.72. The minimum Gasteiger partial charge on any atom is -0.368 e. The number of hydrogen-bond donors (Lipinski definition) is 2. The van der Waals surface area contributed by atoms with Gasteiger partial charge >= 0.3 is 0 Å². The second-order valence-electron chi connectivity index (χ2n) is 3.13. The Labute approximate surface area is 82.7 Å². The van der Waals surface area contributed by atoms with Crippen LogP contribution in [-0.4, -0.2) is 22.1 Å². The van der Waals surface area contributed by atoms with E-state index in [1.807, 2.05) is 19.9 Å². The molecule has 0 fully saturated rings. The fraction of sp³-hybridized carbons (Fsp3) is 0.444. The topological polar surface area (TPSA) is 80.9 Å². The number of nitrogens with one attached hydrogen (secondary N) is 1. The van der Waals surface area contributed by atoms with Gasteiger partial charge in [-0.15, -0.1) is 5.10 Å². The van der Waals surface area contributed by atoms with Crippen molar-refractivity contribution in [3.8, 4) is 0 Å². The van der Waals surface area contributed by atoms with Crippen LogP contribution < -0.4 is 11.1 Å². The molecule has 0 aromatic carbocycles. The number of carbonyl (C=O) groups excluding carboxylic acids is 1. The van der Waals surface area contributed by atoms with Crippen molar-refractivity contribution in [1.82, 2.24) is 10.2 Å². The minimum atomic E-state index is -0.383. The first-order valence-electron chi connectivity index (χ1n) is 4.48. The summed E-state index contributed by atoms with van der Waals surface area (Å²) in [5, 5.41) is 10.5. The highest BCUT2D eigenvalue weighted by molar-refractivity contribution is 5.82. The van der Waals surface area contributed by atoms with Crippen LogP contribution in [0.4, 0.5) is 5.82 Å². The van der Waals surface area contributed by atoms with Crippen LogP contribution in [0.2, 0.25) is 0 Å². The molecule has 1 rings (SSSR count). The van der Waals surface area contributed by atoms with E-state index < -0.39 is 0 Å². The quantitative estimate of drug-likeness (QED) is 0.729. The van der Waals surface area contributed by atoms with E-state index in [1.54, 1.807) is 6.20 Å². The summed E-state index contributed by atoms with van der Waals surface area (Å²) in [4.78, 5) is 10.9. The highest BCUT2D eigenvalue weighted by Crippen LogP contribution is 2.06. The summed E-state index contributed by atoms with van der Waals surface area (Å²) in [6, 6.07) is 1.43. The molecular formula is C9H14N4O. The number of amides is 1. The Morgan fingerprint density at radius 1 is 1.71 bits per heavy atom. The van der Waals surface area contributed by atoms with Crippen LogP contribution in [0.3, 0.4) is 0 Å². The maximum absolute atomic E-state index is 10.9. The maximum Gasteiger partial charge on any atom is 0.239 e. The van der Waals surface area contributed by atoms with Crippen LogP contribution in [0.15, 0.2) is 12.3 Å². The Morgan fingerprint density at radius 3 is 2.93 bits per heavy atom. The molecule has 0 aliphatic rings. The average molecular weight is 194 g/mol. The third-order valence-electron chi connectivity index (χ3n) is 1.87. The van der Waals surface area contributed by atoms with Gasteiger partial charge in [0.25, 0.3) is 0 Å². The summed E-state index contributed by atoms with van der Waals surface area (Å²) < 4.78 is 0. The molecule has 0 saturated carbocycles. The molecule has 0 radical (unpaired) electrons. The number of aromatic nitrogens is 2. The fourth-order valence-corrected chi connectivity index (χ4v) is 1.09. The van der Waals surface area contributed by atoms with Crippen LogP contribution >= 0.6 is 0 Å². The zero-order valence-electron chi connectivity index (χ0n) is 8.32. The van der Waals surface area contributed by atoms with Crippen molar-refractivity contribution in [1.29, 1.82) is 0 Å². The van der Waals surface area contributed by atoms with Gasteiger partial charge in [-0.1, -0.05) is 6.92 Å². The van der Waals surface area contributed by atoms with E-state index in [0.29, 0.717) is 12.2 Å². The number of nitrogens with two attached hydrogens (primary N) is 1. The summed E-state index contributed by atoms with van der Waals surface area (Å²) in [5.74, 6) is 0.200. The molecule has 0 aliphatic heterocycles. The molecule has 1 aromatic rings. The van der Waals surface area contributed by atoms with E-state index in [1.165, 1.54) is 0 Å². The molecule has 5 heteroatoms. The normalized spacial score (nSPS) is 12.1. The number of nitrogens with zero attached hydrogens (tertiary/aromatic N) is 2. The maximum atomic E-state index is 10.9. The zero-order valence-corrected chi connectivity index (χ0v) is 8.32. The second-order valence-corrected chi connectivity index (χ2v) is 3.13. The van der Waals surface area contributed by atoms with E-state index in [0.717, 1.165) is 5.56 Å². The van der Waals surface area contributed by atoms with Crippen LogP contribution in [0.1, 0.15) is 18.9 Å². The summed E-state index contributed by atoms with van der Waals surface area (Å²) in [7, 11) is 0. The molecule has 0 saturated heterocycles. The summed E-state index contributed by atoms with van der Waals surface area (Å²) in [6.45, 7) is 3.79. The Hall–Kier alpha value is -1.65. The predicted molar refractivity (Wildman–Crippen MR) is 53.7 cm³/mol. The van der Waals surface area contributed by atoms with E-state index in [2.05, 4.69) is 15.5 Å². The molecular weight excluding hydrogens is 180 g/mol. The van der Waals surface area contributed by atoms with E-state index in [-0.39, 0.29) is 11.9 Å². The van der Waals surface area contributed by atoms with Gasteiger partial charge < -0.3 is 11.1 Å². The lowest BCUT2D eigenvalue weighted by molar-refractivity contribution is -0.118. The third kappa shape index (κ3) is 2.69. The van der Waals surface area contributed by atoms with Gasteiger partial charge in [0.15, 0.2) is 0 Å². The molecule has 5 nitrogen and oxygen atoms in total. The number of hydrogen-bond acceptors (Lipinski definition) is 4. The smallest absolute Gasteiger partial charge is 0.239 e. The first kappa shape index (κ1) is 10.4. The number of aryl methyl sites for hydroxylation is 1. The van der Waals surface area contributed by atoms with E-state index in [4.69, 9.17) is 5.73 Å². The van der Waals surface area contributed by atoms with Gasteiger partial charge in [-0.3, -0.25) is 4.79 Å². The number of anilines is 1. The fourth-order valence-electron chi connectivity index (χ4n) is 1.09. The van der Waals surface area contributed by atoms with Crippen molar-refractivity contribution >= 4 is 11.7 Å². The van der Waals surface area contributed by atoms with Gasteiger partial charge in [-0.05, 0) is 25.0 Å². The minimum absolute atomic E-state index is 0.379. The highest BCUT2D eigenvalue weighted by Gasteiger charge is 2.12. The SMILES string of the molecule is CCC(Nc1cc(C)cnn1)C(N)=O.